The second-order valence-corrected chi connectivity index (χ2v) is 3.78. The van der Waals surface area contributed by atoms with Gasteiger partial charge in [0, 0.05) is 11.8 Å². The molecule has 0 aliphatic carbocycles. The van der Waals surface area contributed by atoms with Gasteiger partial charge in [0.1, 0.15) is 6.04 Å². The third kappa shape index (κ3) is 8.24. The zero-order valence-electron chi connectivity index (χ0n) is 10.1. The Morgan fingerprint density at radius 1 is 1.41 bits per heavy atom. The number of hydrogen-bond donors (Lipinski definition) is 2. The van der Waals surface area contributed by atoms with E-state index in [1.54, 1.807) is 27.7 Å². The van der Waals surface area contributed by atoms with Gasteiger partial charge in [-0.25, -0.2) is 9.59 Å². The Balaban J connectivity index is 0. The van der Waals surface area contributed by atoms with E-state index >= 15 is 0 Å². The second-order valence-electron chi connectivity index (χ2n) is 3.78. The van der Waals surface area contributed by atoms with Crippen LogP contribution in [0.15, 0.2) is 11.8 Å². The van der Waals surface area contributed by atoms with Crippen molar-refractivity contribution >= 4 is 41.5 Å². The first-order valence-corrected chi connectivity index (χ1v) is 5.22. The van der Waals surface area contributed by atoms with Gasteiger partial charge in [-0.15, -0.1) is 0 Å². The van der Waals surface area contributed by atoms with Crippen LogP contribution in [0.2, 0.25) is 0 Å². The van der Waals surface area contributed by atoms with Crippen LogP contribution in [-0.4, -0.2) is 59.3 Å². The van der Waals surface area contributed by atoms with E-state index in [0.29, 0.717) is 12.3 Å². The molecule has 1 atom stereocenters. The molecule has 0 aromatic carbocycles. The Morgan fingerprint density at radius 3 is 2.29 bits per heavy atom. The summed E-state index contributed by atoms with van der Waals surface area (Å²) in [6.45, 7) is 7.24. The number of carboxylic acid groups (broad SMARTS) is 1. The van der Waals surface area contributed by atoms with Crippen LogP contribution in [0.25, 0.3) is 0 Å². The molecule has 6 heteroatoms. The molecular formula is C11H20NNaO4. The molecule has 0 bridgehead atoms. The average Bonchev–Trinajstić information content (AvgIpc) is 2.13. The first-order valence-electron chi connectivity index (χ1n) is 5.22. The molecule has 0 radical (unpaired) electrons. The van der Waals surface area contributed by atoms with Crippen LogP contribution < -0.4 is 5.32 Å². The van der Waals surface area contributed by atoms with Crippen LogP contribution in [0.1, 0.15) is 27.7 Å². The van der Waals surface area contributed by atoms with Crippen molar-refractivity contribution in [2.45, 2.75) is 33.7 Å². The van der Waals surface area contributed by atoms with Crippen molar-refractivity contribution in [1.29, 1.82) is 0 Å². The third-order valence-electron chi connectivity index (χ3n) is 1.94. The normalized spacial score (nSPS) is 12.6. The van der Waals surface area contributed by atoms with Crippen LogP contribution in [0.4, 0.5) is 0 Å². The van der Waals surface area contributed by atoms with Crippen LogP contribution in [0.5, 0.6) is 0 Å². The summed E-state index contributed by atoms with van der Waals surface area (Å²) in [6, 6.07) is -0.703. The molecule has 0 heterocycles. The average molecular weight is 253 g/mol. The van der Waals surface area contributed by atoms with Gasteiger partial charge >= 0.3 is 41.5 Å². The van der Waals surface area contributed by atoms with E-state index in [0.717, 1.165) is 0 Å². The van der Waals surface area contributed by atoms with Crippen LogP contribution in [-0.2, 0) is 14.3 Å². The zero-order chi connectivity index (χ0) is 12.7. The number of carboxylic acids is 1. The maximum absolute atomic E-state index is 11.1. The molecule has 0 saturated heterocycles. The minimum absolute atomic E-state index is 0. The van der Waals surface area contributed by atoms with Gasteiger partial charge in [0.05, 0.1) is 6.61 Å². The van der Waals surface area contributed by atoms with Gasteiger partial charge in [-0.05, 0) is 19.8 Å². The number of carbonyl (C=O) groups excluding carboxylic acids is 1. The molecule has 0 aromatic heterocycles. The van der Waals surface area contributed by atoms with Crippen molar-refractivity contribution in [3.05, 3.63) is 11.8 Å². The summed E-state index contributed by atoms with van der Waals surface area (Å²) in [5.74, 6) is -1.48. The molecule has 0 fully saturated rings. The fourth-order valence-corrected chi connectivity index (χ4v) is 1.16. The summed E-state index contributed by atoms with van der Waals surface area (Å²) in [4.78, 5) is 22.0. The molecule has 0 amide bonds. The predicted molar refractivity (Wildman–Crippen MR) is 66.9 cm³/mol. The van der Waals surface area contributed by atoms with Crippen LogP contribution >= 0.6 is 0 Å². The van der Waals surface area contributed by atoms with Gasteiger partial charge in [0.15, 0.2) is 0 Å². The van der Waals surface area contributed by atoms with E-state index in [4.69, 9.17) is 9.84 Å². The van der Waals surface area contributed by atoms with E-state index in [2.05, 4.69) is 5.32 Å². The van der Waals surface area contributed by atoms with Gasteiger partial charge < -0.3 is 15.2 Å². The van der Waals surface area contributed by atoms with Crippen molar-refractivity contribution < 1.29 is 19.4 Å². The zero-order valence-corrected chi connectivity index (χ0v) is 10.1. The van der Waals surface area contributed by atoms with E-state index in [1.807, 2.05) is 0 Å². The van der Waals surface area contributed by atoms with Gasteiger partial charge in [0.25, 0.3) is 0 Å². The molecule has 0 saturated carbocycles. The van der Waals surface area contributed by atoms with Gasteiger partial charge in [-0.3, -0.25) is 0 Å². The van der Waals surface area contributed by atoms with Gasteiger partial charge in [-0.2, -0.15) is 0 Å². The molecule has 0 aliphatic heterocycles. The Kier molecular flexibility index (Phi) is 10.5. The van der Waals surface area contributed by atoms with E-state index in [9.17, 15) is 9.59 Å². The van der Waals surface area contributed by atoms with E-state index < -0.39 is 18.0 Å². The number of allylic oxidation sites excluding steroid dienone is 1. The molecule has 0 aromatic rings. The summed E-state index contributed by atoms with van der Waals surface area (Å²) in [7, 11) is 0. The van der Waals surface area contributed by atoms with Crippen molar-refractivity contribution in [2.24, 2.45) is 5.92 Å². The summed E-state index contributed by atoms with van der Waals surface area (Å²) >= 11 is 0. The quantitative estimate of drug-likeness (QED) is 0.409. The molecule has 0 rings (SSSR count). The summed E-state index contributed by atoms with van der Waals surface area (Å²) in [5.41, 5.74) is 0.486. The summed E-state index contributed by atoms with van der Waals surface area (Å²) < 4.78 is 4.71. The van der Waals surface area contributed by atoms with Crippen LogP contribution in [0, 0.1) is 5.92 Å². The van der Waals surface area contributed by atoms with Gasteiger partial charge in [-0.1, -0.05) is 13.8 Å². The van der Waals surface area contributed by atoms with Crippen molar-refractivity contribution in [3.8, 4) is 0 Å². The van der Waals surface area contributed by atoms with E-state index in [-0.39, 0.29) is 35.5 Å². The standard InChI is InChI=1S/C11H19NO4.Na.H/c1-5-16-9(13)6-8(4)12-10(7(2)3)11(14)15;;/h6-7,10,12H,5H2,1-4H3,(H,14,15);;/b8-6+;;/t10-;;/m0../s1. The SMILES string of the molecule is CCOC(=O)/C=C(\C)N[C@H](C(=O)O)C(C)C.[NaH]. The number of nitrogens with one attached hydrogen (secondary N) is 1. The molecule has 2 N–H and O–H groups in total. The summed E-state index contributed by atoms with van der Waals surface area (Å²) in [5, 5.41) is 11.7. The van der Waals surface area contributed by atoms with Crippen LogP contribution in [0.3, 0.4) is 0 Å². The number of esters is 1. The molecule has 0 unspecified atom stereocenters. The molecular weight excluding hydrogens is 233 g/mol. The third-order valence-corrected chi connectivity index (χ3v) is 1.94. The fraction of sp³-hybridized carbons (Fsp3) is 0.636. The Labute approximate surface area is 124 Å². The maximum atomic E-state index is 11.1. The molecule has 94 valence electrons. The number of rotatable bonds is 6. The second kappa shape index (κ2) is 9.50. The van der Waals surface area contributed by atoms with Crippen molar-refractivity contribution in [2.75, 3.05) is 6.61 Å². The Bertz CT molecular complexity index is 289. The Hall–Kier alpha value is -0.520. The first-order chi connectivity index (χ1) is 7.38. The van der Waals surface area contributed by atoms with E-state index in [1.165, 1.54) is 6.08 Å². The molecule has 17 heavy (non-hydrogen) atoms. The Morgan fingerprint density at radius 2 is 1.94 bits per heavy atom. The number of aliphatic carboxylic acids is 1. The monoisotopic (exact) mass is 253 g/mol. The first kappa shape index (κ1) is 18.8. The summed E-state index contributed by atoms with van der Waals surface area (Å²) in [6.07, 6.45) is 1.25. The van der Waals surface area contributed by atoms with Gasteiger partial charge in [0.2, 0.25) is 0 Å². The fourth-order valence-electron chi connectivity index (χ4n) is 1.16. The minimum atomic E-state index is -0.938. The number of hydrogen-bond acceptors (Lipinski definition) is 4. The van der Waals surface area contributed by atoms with Crippen molar-refractivity contribution in [3.63, 3.8) is 0 Å². The predicted octanol–water partition coefficient (Wildman–Crippen LogP) is 0.504. The molecule has 5 nitrogen and oxygen atoms in total. The number of ether oxygens (including phenoxy) is 1. The molecule has 0 spiro atoms. The number of carbonyl (C=O) groups is 2. The van der Waals surface area contributed by atoms with Crippen molar-refractivity contribution in [1.82, 2.24) is 5.32 Å². The molecule has 0 aliphatic rings. The topological polar surface area (TPSA) is 75.6 Å².